The van der Waals surface area contributed by atoms with Crippen molar-refractivity contribution >= 4 is 33.4 Å². The van der Waals surface area contributed by atoms with Crippen LogP contribution in [-0.2, 0) is 0 Å². The summed E-state index contributed by atoms with van der Waals surface area (Å²) in [6.45, 7) is 3.78. The van der Waals surface area contributed by atoms with Gasteiger partial charge in [-0.15, -0.1) is 0 Å². The third-order valence-corrected chi connectivity index (χ3v) is 4.13. The molecule has 2 aromatic rings. The lowest BCUT2D eigenvalue weighted by atomic mass is 10.1. The molecule has 0 aliphatic carbocycles. The molecule has 0 aliphatic heterocycles. The first-order valence-electron chi connectivity index (χ1n) is 5.24. The Labute approximate surface area is 118 Å². The van der Waals surface area contributed by atoms with E-state index in [4.69, 9.17) is 17.3 Å². The maximum Gasteiger partial charge on any atom is 0.252 e. The van der Waals surface area contributed by atoms with E-state index in [-0.39, 0.29) is 5.56 Å². The van der Waals surface area contributed by atoms with Crippen molar-refractivity contribution in [2.75, 3.05) is 0 Å². The minimum absolute atomic E-state index is 0.275. The van der Waals surface area contributed by atoms with E-state index in [1.165, 1.54) is 0 Å². The summed E-state index contributed by atoms with van der Waals surface area (Å²) < 4.78 is 2.56. The number of nitrogens with zero attached hydrogens (tertiary/aromatic N) is 2. The standard InChI is InChI=1S/C12H11BrClN3O/c1-6-11(13)7(2)17(16-6)9-5-3-4-8(14)10(9)12(15)18/h3-5H,1-2H3,(H2,15,18). The molecule has 94 valence electrons. The van der Waals surface area contributed by atoms with Crippen LogP contribution in [0.5, 0.6) is 0 Å². The molecule has 6 heteroatoms. The molecule has 0 saturated carbocycles. The zero-order valence-corrected chi connectivity index (χ0v) is 12.2. The minimum atomic E-state index is -0.570. The van der Waals surface area contributed by atoms with Crippen LogP contribution < -0.4 is 5.73 Å². The van der Waals surface area contributed by atoms with Crippen LogP contribution in [0.25, 0.3) is 5.69 Å². The first kappa shape index (κ1) is 13.1. The Hall–Kier alpha value is -1.33. The smallest absolute Gasteiger partial charge is 0.252 e. The number of aryl methyl sites for hydroxylation is 1. The van der Waals surface area contributed by atoms with Crippen molar-refractivity contribution in [1.82, 2.24) is 9.78 Å². The molecule has 18 heavy (non-hydrogen) atoms. The lowest BCUT2D eigenvalue weighted by Crippen LogP contribution is -2.16. The molecule has 1 heterocycles. The van der Waals surface area contributed by atoms with Crippen LogP contribution in [0.4, 0.5) is 0 Å². The van der Waals surface area contributed by atoms with E-state index >= 15 is 0 Å². The van der Waals surface area contributed by atoms with E-state index in [2.05, 4.69) is 21.0 Å². The second kappa shape index (κ2) is 4.74. The highest BCUT2D eigenvalue weighted by Gasteiger charge is 2.18. The molecule has 0 saturated heterocycles. The van der Waals surface area contributed by atoms with Crippen LogP contribution in [0.2, 0.25) is 5.02 Å². The van der Waals surface area contributed by atoms with E-state index in [0.29, 0.717) is 10.7 Å². The molecule has 0 fully saturated rings. The van der Waals surface area contributed by atoms with E-state index in [1.54, 1.807) is 22.9 Å². The first-order chi connectivity index (χ1) is 8.43. The van der Waals surface area contributed by atoms with Gasteiger partial charge in [0.05, 0.1) is 32.1 Å². The Morgan fingerprint density at radius 3 is 2.61 bits per heavy atom. The molecule has 1 aromatic carbocycles. The van der Waals surface area contributed by atoms with Gasteiger partial charge < -0.3 is 5.73 Å². The van der Waals surface area contributed by atoms with Crippen molar-refractivity contribution in [1.29, 1.82) is 0 Å². The number of carbonyl (C=O) groups excluding carboxylic acids is 1. The average Bonchev–Trinajstić information content (AvgIpc) is 2.56. The van der Waals surface area contributed by atoms with Crippen LogP contribution in [0.1, 0.15) is 21.7 Å². The summed E-state index contributed by atoms with van der Waals surface area (Å²) in [5.41, 5.74) is 7.95. The molecule has 0 atom stereocenters. The molecular formula is C12H11BrClN3O. The van der Waals surface area contributed by atoms with Crippen molar-refractivity contribution in [3.8, 4) is 5.69 Å². The monoisotopic (exact) mass is 327 g/mol. The lowest BCUT2D eigenvalue weighted by Gasteiger charge is -2.10. The summed E-state index contributed by atoms with van der Waals surface area (Å²) in [6, 6.07) is 5.15. The van der Waals surface area contributed by atoms with Gasteiger partial charge in [-0.2, -0.15) is 5.10 Å². The van der Waals surface area contributed by atoms with Gasteiger partial charge in [0.15, 0.2) is 0 Å². The van der Waals surface area contributed by atoms with Crippen molar-refractivity contribution in [2.45, 2.75) is 13.8 Å². The SMILES string of the molecule is Cc1nn(-c2cccc(Cl)c2C(N)=O)c(C)c1Br. The molecule has 0 unspecified atom stereocenters. The fraction of sp³-hybridized carbons (Fsp3) is 0.167. The van der Waals surface area contributed by atoms with Crippen LogP contribution >= 0.6 is 27.5 Å². The summed E-state index contributed by atoms with van der Waals surface area (Å²) in [6.07, 6.45) is 0. The number of primary amides is 1. The summed E-state index contributed by atoms with van der Waals surface area (Å²) in [4.78, 5) is 11.5. The van der Waals surface area contributed by atoms with Crippen molar-refractivity contribution in [3.05, 3.63) is 44.6 Å². The lowest BCUT2D eigenvalue weighted by molar-refractivity contribution is 0.100. The fourth-order valence-corrected chi connectivity index (χ4v) is 2.30. The first-order valence-corrected chi connectivity index (χ1v) is 6.41. The zero-order chi connectivity index (χ0) is 13.4. The number of benzene rings is 1. The van der Waals surface area contributed by atoms with Crippen LogP contribution in [-0.4, -0.2) is 15.7 Å². The molecule has 0 bridgehead atoms. The Morgan fingerprint density at radius 2 is 2.11 bits per heavy atom. The van der Waals surface area contributed by atoms with E-state index in [0.717, 1.165) is 15.9 Å². The summed E-state index contributed by atoms with van der Waals surface area (Å²) in [5, 5.41) is 4.69. The van der Waals surface area contributed by atoms with Gasteiger partial charge in [0, 0.05) is 0 Å². The number of amides is 1. The highest BCUT2D eigenvalue weighted by atomic mass is 79.9. The Morgan fingerprint density at radius 1 is 1.44 bits per heavy atom. The third kappa shape index (κ3) is 2.04. The number of nitrogens with two attached hydrogens (primary N) is 1. The minimum Gasteiger partial charge on any atom is -0.365 e. The maximum atomic E-state index is 11.5. The quantitative estimate of drug-likeness (QED) is 0.921. The predicted molar refractivity (Wildman–Crippen MR) is 74.3 cm³/mol. The van der Waals surface area contributed by atoms with Gasteiger partial charge >= 0.3 is 0 Å². The zero-order valence-electron chi connectivity index (χ0n) is 9.87. The molecule has 0 spiro atoms. The molecule has 0 aliphatic rings. The molecule has 1 amide bonds. The topological polar surface area (TPSA) is 60.9 Å². The Balaban J connectivity index is 2.75. The van der Waals surface area contributed by atoms with Gasteiger partial charge in [0.1, 0.15) is 0 Å². The number of aromatic nitrogens is 2. The van der Waals surface area contributed by atoms with Gasteiger partial charge in [-0.3, -0.25) is 4.79 Å². The highest BCUT2D eigenvalue weighted by molar-refractivity contribution is 9.10. The van der Waals surface area contributed by atoms with Gasteiger partial charge in [0.2, 0.25) is 0 Å². The summed E-state index contributed by atoms with van der Waals surface area (Å²) in [7, 11) is 0. The van der Waals surface area contributed by atoms with Crippen molar-refractivity contribution in [3.63, 3.8) is 0 Å². The number of carbonyl (C=O) groups is 1. The van der Waals surface area contributed by atoms with E-state index < -0.39 is 5.91 Å². The normalized spacial score (nSPS) is 10.7. The largest absolute Gasteiger partial charge is 0.365 e. The van der Waals surface area contributed by atoms with E-state index in [1.807, 2.05) is 13.8 Å². The number of halogens is 2. The molecule has 0 radical (unpaired) electrons. The molecule has 4 nitrogen and oxygen atoms in total. The highest BCUT2D eigenvalue weighted by Crippen LogP contribution is 2.27. The molecule has 2 N–H and O–H groups in total. The molecular weight excluding hydrogens is 318 g/mol. The van der Waals surface area contributed by atoms with Gasteiger partial charge in [0.25, 0.3) is 5.91 Å². The van der Waals surface area contributed by atoms with E-state index in [9.17, 15) is 4.79 Å². The van der Waals surface area contributed by atoms with Gasteiger partial charge in [-0.1, -0.05) is 17.7 Å². The molecule has 1 aromatic heterocycles. The fourth-order valence-electron chi connectivity index (χ4n) is 1.79. The summed E-state index contributed by atoms with van der Waals surface area (Å²) >= 11 is 9.46. The summed E-state index contributed by atoms with van der Waals surface area (Å²) in [5.74, 6) is -0.570. The van der Waals surface area contributed by atoms with Crippen LogP contribution in [0, 0.1) is 13.8 Å². The molecule has 2 rings (SSSR count). The van der Waals surface area contributed by atoms with Crippen molar-refractivity contribution < 1.29 is 4.79 Å². The van der Waals surface area contributed by atoms with Gasteiger partial charge in [-0.05, 0) is 41.9 Å². The Kier molecular flexibility index (Phi) is 3.45. The maximum absolute atomic E-state index is 11.5. The number of rotatable bonds is 2. The Bertz CT molecular complexity index is 636. The number of hydrogen-bond donors (Lipinski definition) is 1. The van der Waals surface area contributed by atoms with Crippen LogP contribution in [0.15, 0.2) is 22.7 Å². The predicted octanol–water partition coefficient (Wildman–Crippen LogP) is 3.00. The van der Waals surface area contributed by atoms with Gasteiger partial charge in [-0.25, -0.2) is 4.68 Å². The van der Waals surface area contributed by atoms with Crippen molar-refractivity contribution in [2.24, 2.45) is 5.73 Å². The second-order valence-electron chi connectivity index (χ2n) is 3.89. The third-order valence-electron chi connectivity index (χ3n) is 2.67. The van der Waals surface area contributed by atoms with Crippen LogP contribution in [0.3, 0.4) is 0 Å². The number of hydrogen-bond acceptors (Lipinski definition) is 2. The second-order valence-corrected chi connectivity index (χ2v) is 5.10. The average molecular weight is 329 g/mol.